The number of imidazole rings is 1. The second-order valence-electron chi connectivity index (χ2n) is 6.11. The molecule has 2 aromatic rings. The van der Waals surface area contributed by atoms with E-state index in [9.17, 15) is 0 Å². The molecular formula is C15H20N4OS. The largest absolute Gasteiger partial charge is 0.373 e. The monoisotopic (exact) mass is 304 g/mol. The van der Waals surface area contributed by atoms with Crippen LogP contribution in [-0.4, -0.2) is 51.3 Å². The van der Waals surface area contributed by atoms with Gasteiger partial charge in [0.1, 0.15) is 0 Å². The van der Waals surface area contributed by atoms with E-state index in [1.54, 1.807) is 0 Å². The minimum absolute atomic E-state index is 0.201. The number of fused-ring (bicyclic) bond motifs is 2. The number of morpholine rings is 1. The summed E-state index contributed by atoms with van der Waals surface area (Å²) in [7, 11) is 0. The molecule has 0 aliphatic carbocycles. The van der Waals surface area contributed by atoms with Crippen LogP contribution in [0.4, 0.5) is 0 Å². The molecule has 0 amide bonds. The summed E-state index contributed by atoms with van der Waals surface area (Å²) in [5.41, 5.74) is 3.15. The van der Waals surface area contributed by atoms with Crippen LogP contribution >= 0.6 is 12.2 Å². The van der Waals surface area contributed by atoms with Gasteiger partial charge in [0.15, 0.2) is 10.4 Å². The topological polar surface area (TPSA) is 46.1 Å². The van der Waals surface area contributed by atoms with Crippen LogP contribution in [0.15, 0.2) is 12.3 Å². The van der Waals surface area contributed by atoms with Crippen molar-refractivity contribution >= 4 is 23.4 Å². The highest BCUT2D eigenvalue weighted by atomic mass is 32.1. The molecule has 5 nitrogen and oxygen atoms in total. The lowest BCUT2D eigenvalue weighted by atomic mass is 10.2. The Kier molecular flexibility index (Phi) is 3.32. The highest BCUT2D eigenvalue weighted by Crippen LogP contribution is 2.24. The fraction of sp³-hybridized carbons (Fsp3) is 0.600. The van der Waals surface area contributed by atoms with Gasteiger partial charge < -0.3 is 9.72 Å². The number of aryl methyl sites for hydroxylation is 1. The third-order valence-electron chi connectivity index (χ3n) is 4.72. The first-order chi connectivity index (χ1) is 10.2. The van der Waals surface area contributed by atoms with E-state index < -0.39 is 0 Å². The van der Waals surface area contributed by atoms with Crippen LogP contribution in [0.1, 0.15) is 18.4 Å². The second kappa shape index (κ2) is 5.19. The van der Waals surface area contributed by atoms with Crippen molar-refractivity contribution in [3.63, 3.8) is 0 Å². The normalized spacial score (nSPS) is 26.3. The van der Waals surface area contributed by atoms with Gasteiger partial charge in [-0.3, -0.25) is 9.47 Å². The van der Waals surface area contributed by atoms with Crippen molar-refractivity contribution < 1.29 is 4.74 Å². The van der Waals surface area contributed by atoms with Crippen LogP contribution < -0.4 is 0 Å². The van der Waals surface area contributed by atoms with E-state index in [4.69, 9.17) is 17.0 Å². The fourth-order valence-corrected chi connectivity index (χ4v) is 3.81. The number of aromatic amines is 1. The SMILES string of the molecule is Cc1ccnc2c1[nH]c(=S)n2CC1CN2CCCC2CO1. The number of pyridine rings is 1. The molecule has 112 valence electrons. The van der Waals surface area contributed by atoms with Crippen molar-refractivity contribution in [1.29, 1.82) is 0 Å². The predicted molar refractivity (Wildman–Crippen MR) is 84.0 cm³/mol. The highest BCUT2D eigenvalue weighted by Gasteiger charge is 2.32. The molecule has 2 fully saturated rings. The minimum atomic E-state index is 0.201. The predicted octanol–water partition coefficient (Wildman–Crippen LogP) is 2.27. The fourth-order valence-electron chi connectivity index (χ4n) is 3.54. The van der Waals surface area contributed by atoms with E-state index >= 15 is 0 Å². The van der Waals surface area contributed by atoms with Gasteiger partial charge in [-0.25, -0.2) is 4.98 Å². The quantitative estimate of drug-likeness (QED) is 0.865. The Balaban J connectivity index is 1.61. The second-order valence-corrected chi connectivity index (χ2v) is 6.50. The summed E-state index contributed by atoms with van der Waals surface area (Å²) in [5, 5.41) is 0. The van der Waals surface area contributed by atoms with E-state index in [1.165, 1.54) is 24.9 Å². The van der Waals surface area contributed by atoms with E-state index in [-0.39, 0.29) is 6.10 Å². The van der Waals surface area contributed by atoms with Crippen LogP contribution in [0.25, 0.3) is 11.2 Å². The Hall–Kier alpha value is -1.24. The molecule has 6 heteroatoms. The molecule has 2 aliphatic rings. The number of hydrogen-bond acceptors (Lipinski definition) is 4. The van der Waals surface area contributed by atoms with E-state index in [0.29, 0.717) is 6.04 Å². The van der Waals surface area contributed by atoms with Crippen molar-refractivity contribution in [3.8, 4) is 0 Å². The van der Waals surface area contributed by atoms with Gasteiger partial charge in [-0.1, -0.05) is 0 Å². The van der Waals surface area contributed by atoms with Gasteiger partial charge in [-0.2, -0.15) is 0 Å². The van der Waals surface area contributed by atoms with Crippen molar-refractivity contribution in [1.82, 2.24) is 19.4 Å². The smallest absolute Gasteiger partial charge is 0.179 e. The van der Waals surface area contributed by atoms with Crippen molar-refractivity contribution in [2.45, 2.75) is 38.5 Å². The molecule has 0 saturated carbocycles. The molecule has 0 aromatic carbocycles. The number of hydrogen-bond donors (Lipinski definition) is 1. The molecule has 0 spiro atoms. The van der Waals surface area contributed by atoms with Crippen LogP contribution in [0.2, 0.25) is 0 Å². The van der Waals surface area contributed by atoms with E-state index in [1.807, 2.05) is 12.3 Å². The summed E-state index contributed by atoms with van der Waals surface area (Å²) in [6.45, 7) is 5.92. The number of nitrogens with zero attached hydrogens (tertiary/aromatic N) is 3. The van der Waals surface area contributed by atoms with Crippen molar-refractivity contribution in [2.75, 3.05) is 19.7 Å². The lowest BCUT2D eigenvalue weighted by Crippen LogP contribution is -2.47. The van der Waals surface area contributed by atoms with Crippen LogP contribution in [0.3, 0.4) is 0 Å². The molecule has 2 saturated heterocycles. The third-order valence-corrected chi connectivity index (χ3v) is 5.04. The number of aromatic nitrogens is 3. The van der Waals surface area contributed by atoms with Crippen LogP contribution in [0, 0.1) is 11.7 Å². The lowest BCUT2D eigenvalue weighted by Gasteiger charge is -2.35. The zero-order valence-electron chi connectivity index (χ0n) is 12.2. The Morgan fingerprint density at radius 2 is 2.43 bits per heavy atom. The molecule has 2 aliphatic heterocycles. The first-order valence-electron chi connectivity index (χ1n) is 7.62. The molecule has 2 unspecified atom stereocenters. The molecule has 4 rings (SSSR count). The minimum Gasteiger partial charge on any atom is -0.373 e. The molecule has 1 N–H and O–H groups in total. The van der Waals surface area contributed by atoms with Gasteiger partial charge >= 0.3 is 0 Å². The summed E-state index contributed by atoms with van der Waals surface area (Å²) in [5.74, 6) is 0. The standard InChI is InChI=1S/C15H20N4OS/c1-10-4-5-16-14-13(10)17-15(21)19(14)8-12-7-18-6-2-3-11(18)9-20-12/h4-5,11-12H,2-3,6-9H2,1H3,(H,17,21). The van der Waals surface area contributed by atoms with Gasteiger partial charge in [0.25, 0.3) is 0 Å². The average Bonchev–Trinajstić information content (AvgIpc) is 3.05. The summed E-state index contributed by atoms with van der Waals surface area (Å²) >= 11 is 5.47. The number of rotatable bonds is 2. The van der Waals surface area contributed by atoms with Gasteiger partial charge in [-0.05, 0) is 50.2 Å². The molecular weight excluding hydrogens is 284 g/mol. The summed E-state index contributed by atoms with van der Waals surface area (Å²) in [6.07, 6.45) is 4.62. The molecule has 0 bridgehead atoms. The Morgan fingerprint density at radius 3 is 3.33 bits per heavy atom. The zero-order chi connectivity index (χ0) is 14.4. The maximum absolute atomic E-state index is 6.05. The van der Waals surface area contributed by atoms with E-state index in [0.717, 1.165) is 35.6 Å². The maximum atomic E-state index is 6.05. The zero-order valence-corrected chi connectivity index (χ0v) is 13.0. The third kappa shape index (κ3) is 2.31. The molecule has 2 atom stereocenters. The van der Waals surface area contributed by atoms with Crippen molar-refractivity contribution in [3.05, 3.63) is 22.6 Å². The van der Waals surface area contributed by atoms with Gasteiger partial charge in [0.2, 0.25) is 0 Å². The van der Waals surface area contributed by atoms with Crippen molar-refractivity contribution in [2.24, 2.45) is 0 Å². The van der Waals surface area contributed by atoms with Gasteiger partial charge in [-0.15, -0.1) is 0 Å². The number of H-pyrrole nitrogens is 1. The Labute approximate surface area is 128 Å². The highest BCUT2D eigenvalue weighted by molar-refractivity contribution is 7.71. The molecule has 21 heavy (non-hydrogen) atoms. The Morgan fingerprint density at radius 1 is 1.52 bits per heavy atom. The van der Waals surface area contributed by atoms with Gasteiger partial charge in [0.05, 0.1) is 24.8 Å². The maximum Gasteiger partial charge on any atom is 0.179 e. The first-order valence-corrected chi connectivity index (χ1v) is 8.03. The summed E-state index contributed by atoms with van der Waals surface area (Å²) in [4.78, 5) is 10.3. The average molecular weight is 304 g/mol. The molecule has 2 aromatic heterocycles. The number of nitrogens with one attached hydrogen (secondary N) is 1. The Bertz CT molecular complexity index is 722. The lowest BCUT2D eigenvalue weighted by molar-refractivity contribution is -0.0549. The molecule has 4 heterocycles. The first kappa shape index (κ1) is 13.4. The van der Waals surface area contributed by atoms with E-state index in [2.05, 4.69) is 26.4 Å². The summed E-state index contributed by atoms with van der Waals surface area (Å²) in [6, 6.07) is 2.64. The summed E-state index contributed by atoms with van der Waals surface area (Å²) < 4.78 is 8.87. The number of ether oxygens (including phenoxy) is 1. The molecule has 0 radical (unpaired) electrons. The van der Waals surface area contributed by atoms with Crippen LogP contribution in [0.5, 0.6) is 0 Å². The van der Waals surface area contributed by atoms with Gasteiger partial charge in [0, 0.05) is 18.8 Å². The van der Waals surface area contributed by atoms with Crippen LogP contribution in [-0.2, 0) is 11.3 Å².